The number of hydrogen-bond donors (Lipinski definition) is 2. The molecule has 0 bridgehead atoms. The zero-order valence-electron chi connectivity index (χ0n) is 16.7. The maximum Gasteiger partial charge on any atom is 0.251 e. The number of carbonyl (C=O) groups excluding carboxylic acids is 2. The highest BCUT2D eigenvalue weighted by Gasteiger charge is 2.24. The fraction of sp³-hybridized carbons (Fsp3) is 0.429. The van der Waals surface area contributed by atoms with Gasteiger partial charge in [-0.1, -0.05) is 30.0 Å². The molecule has 2 fully saturated rings. The minimum Gasteiger partial charge on any atom is -0.368 e. The molecule has 9 heteroatoms. The van der Waals surface area contributed by atoms with Crippen LogP contribution in [0.15, 0.2) is 46.3 Å². The van der Waals surface area contributed by atoms with E-state index in [9.17, 15) is 14.4 Å². The second kappa shape index (κ2) is 9.34. The number of anilines is 1. The summed E-state index contributed by atoms with van der Waals surface area (Å²) in [5.74, 6) is 0.0950. The van der Waals surface area contributed by atoms with Crippen LogP contribution in [0.1, 0.15) is 18.5 Å². The number of carbonyl (C=O) groups is 2. The molecule has 1 aromatic heterocycles. The molecule has 1 saturated heterocycles. The molecule has 2 amide bonds. The standard InChI is InChI=1S/C21H25N5O3S/c27-18(22-15-6-7-15)12-16-13-19(28)24-21(23-16)30-14-20(29)26-10-8-25(9-11-26)17-4-2-1-3-5-17/h1-5,13,15H,6-12,14H2,(H,22,27)(H,23,24,28). The molecule has 2 N–H and O–H groups in total. The van der Waals surface area contributed by atoms with Crippen molar-refractivity contribution in [1.29, 1.82) is 0 Å². The van der Waals surface area contributed by atoms with Crippen molar-refractivity contribution in [3.8, 4) is 0 Å². The van der Waals surface area contributed by atoms with Gasteiger partial charge in [0.05, 0.1) is 17.9 Å². The molecule has 1 aromatic carbocycles. The summed E-state index contributed by atoms with van der Waals surface area (Å²) in [7, 11) is 0. The summed E-state index contributed by atoms with van der Waals surface area (Å²) in [6.45, 7) is 2.92. The van der Waals surface area contributed by atoms with Crippen LogP contribution in [0.3, 0.4) is 0 Å². The van der Waals surface area contributed by atoms with Crippen molar-refractivity contribution in [2.45, 2.75) is 30.5 Å². The summed E-state index contributed by atoms with van der Waals surface area (Å²) in [5.41, 5.74) is 1.28. The monoisotopic (exact) mass is 427 g/mol. The van der Waals surface area contributed by atoms with Gasteiger partial charge >= 0.3 is 0 Å². The molecule has 0 spiro atoms. The summed E-state index contributed by atoms with van der Waals surface area (Å²) in [6, 6.07) is 11.8. The molecule has 0 unspecified atom stereocenters. The summed E-state index contributed by atoms with van der Waals surface area (Å²) in [5, 5.41) is 3.26. The van der Waals surface area contributed by atoms with Crippen molar-refractivity contribution in [3.05, 3.63) is 52.4 Å². The molecule has 0 radical (unpaired) electrons. The minimum atomic E-state index is -0.314. The van der Waals surface area contributed by atoms with Crippen LogP contribution < -0.4 is 15.8 Å². The van der Waals surface area contributed by atoms with Gasteiger partial charge in [0.15, 0.2) is 5.16 Å². The number of para-hydroxylation sites is 1. The number of benzene rings is 1. The molecule has 2 aliphatic rings. The Hall–Kier alpha value is -2.81. The highest BCUT2D eigenvalue weighted by atomic mass is 32.2. The second-order valence-corrected chi connectivity index (χ2v) is 8.52. The van der Waals surface area contributed by atoms with E-state index in [1.54, 1.807) is 0 Å². The smallest absolute Gasteiger partial charge is 0.251 e. The van der Waals surface area contributed by atoms with Crippen LogP contribution in [0, 0.1) is 0 Å². The highest BCUT2D eigenvalue weighted by molar-refractivity contribution is 7.99. The highest BCUT2D eigenvalue weighted by Crippen LogP contribution is 2.19. The molecule has 1 aliphatic heterocycles. The number of thioether (sulfide) groups is 1. The molecular weight excluding hydrogens is 402 g/mol. The van der Waals surface area contributed by atoms with Crippen molar-refractivity contribution in [1.82, 2.24) is 20.2 Å². The van der Waals surface area contributed by atoms with Crippen LogP contribution in [-0.4, -0.2) is 64.7 Å². The summed E-state index contributed by atoms with van der Waals surface area (Å²) in [4.78, 5) is 47.5. The number of piperazine rings is 1. The Bertz CT molecular complexity index is 953. The maximum absolute atomic E-state index is 12.6. The van der Waals surface area contributed by atoms with E-state index in [1.807, 2.05) is 23.1 Å². The van der Waals surface area contributed by atoms with Gasteiger partial charge in [0, 0.05) is 44.0 Å². The lowest BCUT2D eigenvalue weighted by Gasteiger charge is -2.36. The fourth-order valence-electron chi connectivity index (χ4n) is 3.39. The minimum absolute atomic E-state index is 0.0206. The first-order valence-corrected chi connectivity index (χ1v) is 11.2. The van der Waals surface area contributed by atoms with E-state index in [4.69, 9.17) is 0 Å². The number of nitrogens with one attached hydrogen (secondary N) is 2. The van der Waals surface area contributed by atoms with Crippen LogP contribution in [0.5, 0.6) is 0 Å². The lowest BCUT2D eigenvalue weighted by molar-refractivity contribution is -0.128. The third-order valence-corrected chi connectivity index (χ3v) is 6.00. The molecule has 1 saturated carbocycles. The van der Waals surface area contributed by atoms with E-state index >= 15 is 0 Å². The largest absolute Gasteiger partial charge is 0.368 e. The summed E-state index contributed by atoms with van der Waals surface area (Å²) in [6.07, 6.45) is 2.10. The number of hydrogen-bond acceptors (Lipinski definition) is 6. The average molecular weight is 428 g/mol. The van der Waals surface area contributed by atoms with Crippen molar-refractivity contribution in [3.63, 3.8) is 0 Å². The number of aromatic amines is 1. The quantitative estimate of drug-likeness (QED) is 0.506. The Labute approximate surface area is 179 Å². The third kappa shape index (κ3) is 5.63. The zero-order valence-corrected chi connectivity index (χ0v) is 17.5. The second-order valence-electron chi connectivity index (χ2n) is 7.55. The number of aromatic nitrogens is 2. The Morgan fingerprint density at radius 2 is 1.87 bits per heavy atom. The van der Waals surface area contributed by atoms with Crippen LogP contribution in [0.25, 0.3) is 0 Å². The predicted octanol–water partition coefficient (Wildman–Crippen LogP) is 1.03. The van der Waals surface area contributed by atoms with E-state index in [0.29, 0.717) is 23.9 Å². The van der Waals surface area contributed by atoms with Gasteiger partial charge in [-0.25, -0.2) is 4.98 Å². The normalized spacial score (nSPS) is 16.4. The van der Waals surface area contributed by atoms with E-state index in [-0.39, 0.29) is 35.6 Å². The van der Waals surface area contributed by atoms with Crippen molar-refractivity contribution in [2.24, 2.45) is 0 Å². The number of amides is 2. The van der Waals surface area contributed by atoms with Gasteiger partial charge in [0.25, 0.3) is 5.56 Å². The van der Waals surface area contributed by atoms with Gasteiger partial charge < -0.3 is 20.1 Å². The van der Waals surface area contributed by atoms with Gasteiger partial charge in [-0.2, -0.15) is 0 Å². The zero-order chi connectivity index (χ0) is 20.9. The fourth-order valence-corrected chi connectivity index (χ4v) is 4.18. The Kier molecular flexibility index (Phi) is 6.37. The van der Waals surface area contributed by atoms with Gasteiger partial charge in [0.2, 0.25) is 11.8 Å². The Balaban J connectivity index is 1.27. The first-order chi connectivity index (χ1) is 14.6. The van der Waals surface area contributed by atoms with Crippen LogP contribution in [0.2, 0.25) is 0 Å². The van der Waals surface area contributed by atoms with Crippen LogP contribution in [0.4, 0.5) is 5.69 Å². The van der Waals surface area contributed by atoms with Crippen molar-refractivity contribution >= 4 is 29.3 Å². The summed E-state index contributed by atoms with van der Waals surface area (Å²) >= 11 is 1.20. The molecule has 0 atom stereocenters. The van der Waals surface area contributed by atoms with E-state index in [1.165, 1.54) is 23.5 Å². The van der Waals surface area contributed by atoms with E-state index < -0.39 is 0 Å². The van der Waals surface area contributed by atoms with E-state index in [0.717, 1.165) is 25.9 Å². The molecule has 2 heterocycles. The average Bonchev–Trinajstić information content (AvgIpc) is 3.56. The summed E-state index contributed by atoms with van der Waals surface area (Å²) < 4.78 is 0. The van der Waals surface area contributed by atoms with Crippen molar-refractivity contribution in [2.75, 3.05) is 36.8 Å². The molecule has 158 valence electrons. The van der Waals surface area contributed by atoms with Crippen LogP contribution in [-0.2, 0) is 16.0 Å². The lowest BCUT2D eigenvalue weighted by atomic mass is 10.2. The number of nitrogens with zero attached hydrogens (tertiary/aromatic N) is 3. The SMILES string of the molecule is O=C(Cc1cc(=O)[nH]c(SCC(=O)N2CCN(c3ccccc3)CC2)n1)NC1CC1. The number of rotatable bonds is 7. The molecule has 2 aromatic rings. The van der Waals surface area contributed by atoms with Crippen molar-refractivity contribution < 1.29 is 9.59 Å². The van der Waals surface area contributed by atoms with Gasteiger partial charge in [-0.05, 0) is 25.0 Å². The topological polar surface area (TPSA) is 98.4 Å². The van der Waals surface area contributed by atoms with Gasteiger partial charge in [-0.3, -0.25) is 14.4 Å². The predicted molar refractivity (Wildman–Crippen MR) is 116 cm³/mol. The molecular formula is C21H25N5O3S. The van der Waals surface area contributed by atoms with E-state index in [2.05, 4.69) is 32.3 Å². The van der Waals surface area contributed by atoms with Gasteiger partial charge in [-0.15, -0.1) is 0 Å². The lowest BCUT2D eigenvalue weighted by Crippen LogP contribution is -2.49. The Morgan fingerprint density at radius 3 is 2.57 bits per heavy atom. The van der Waals surface area contributed by atoms with Crippen LogP contribution >= 0.6 is 11.8 Å². The molecule has 8 nitrogen and oxygen atoms in total. The maximum atomic E-state index is 12.6. The molecule has 4 rings (SSSR count). The first-order valence-electron chi connectivity index (χ1n) is 10.2. The number of H-pyrrole nitrogens is 1. The van der Waals surface area contributed by atoms with Gasteiger partial charge in [0.1, 0.15) is 0 Å². The molecule has 30 heavy (non-hydrogen) atoms. The molecule has 1 aliphatic carbocycles. The first kappa shape index (κ1) is 20.5. The Morgan fingerprint density at radius 1 is 1.13 bits per heavy atom. The third-order valence-electron chi connectivity index (χ3n) is 5.14.